The van der Waals surface area contributed by atoms with Crippen molar-refractivity contribution in [2.45, 2.75) is 37.1 Å². The van der Waals surface area contributed by atoms with Crippen LogP contribution in [0.2, 0.25) is 0 Å². The Kier molecular flexibility index (Phi) is 4.49. The molecule has 2 aliphatic rings. The molecule has 4 nitrogen and oxygen atoms in total. The number of nitrogens with one attached hydrogen (secondary N) is 1. The lowest BCUT2D eigenvalue weighted by molar-refractivity contribution is -0.136. The highest BCUT2D eigenvalue weighted by Crippen LogP contribution is 2.54. The smallest absolute Gasteiger partial charge is 0.248 e. The zero-order valence-electron chi connectivity index (χ0n) is 14.8. The Bertz CT molecular complexity index is 839. The number of anilines is 1. The van der Waals surface area contributed by atoms with Crippen LogP contribution in [0.4, 0.5) is 5.69 Å². The van der Waals surface area contributed by atoms with Gasteiger partial charge >= 0.3 is 0 Å². The first kappa shape index (κ1) is 17.2. The molecule has 2 fully saturated rings. The highest BCUT2D eigenvalue weighted by Gasteiger charge is 2.56. The summed E-state index contributed by atoms with van der Waals surface area (Å²) in [6, 6.07) is 17.5. The van der Waals surface area contributed by atoms with Gasteiger partial charge < -0.3 is 10.2 Å². The van der Waals surface area contributed by atoms with Gasteiger partial charge in [0.2, 0.25) is 11.8 Å². The van der Waals surface area contributed by atoms with E-state index in [0.717, 1.165) is 29.7 Å². The summed E-state index contributed by atoms with van der Waals surface area (Å²) >= 11 is 1.72. The molecule has 0 unspecified atom stereocenters. The second-order valence-electron chi connectivity index (χ2n) is 6.74. The molecule has 26 heavy (non-hydrogen) atoms. The summed E-state index contributed by atoms with van der Waals surface area (Å²) in [5.41, 5.74) is 3.06. The lowest BCUT2D eigenvalue weighted by Crippen LogP contribution is -2.48. The second-order valence-corrected chi connectivity index (χ2v) is 8.04. The molecule has 2 aromatic carbocycles. The number of carbonyl (C=O) groups excluding carboxylic acids is 2. The fourth-order valence-electron chi connectivity index (χ4n) is 4.00. The molecule has 0 aliphatic carbocycles. The van der Waals surface area contributed by atoms with Crippen LogP contribution in [0.3, 0.4) is 0 Å². The molecule has 2 heterocycles. The Morgan fingerprint density at radius 2 is 1.92 bits per heavy atom. The van der Waals surface area contributed by atoms with Gasteiger partial charge in [-0.05, 0) is 30.0 Å². The molecule has 2 aliphatic heterocycles. The molecule has 0 bridgehead atoms. The third-order valence-electron chi connectivity index (χ3n) is 5.31. The second kappa shape index (κ2) is 6.80. The average molecular weight is 366 g/mol. The largest absolute Gasteiger partial charge is 0.324 e. The van der Waals surface area contributed by atoms with Crippen molar-refractivity contribution >= 4 is 29.3 Å². The summed E-state index contributed by atoms with van der Waals surface area (Å²) in [4.78, 5) is 27.1. The average Bonchev–Trinajstić information content (AvgIpc) is 3.22. The Labute approximate surface area is 158 Å². The van der Waals surface area contributed by atoms with Crippen molar-refractivity contribution in [3.05, 3.63) is 65.7 Å². The number of benzene rings is 2. The van der Waals surface area contributed by atoms with Gasteiger partial charge in [0.05, 0.1) is 0 Å². The molecule has 0 spiro atoms. The van der Waals surface area contributed by atoms with Crippen LogP contribution in [0, 0.1) is 0 Å². The highest BCUT2D eigenvalue weighted by molar-refractivity contribution is 8.00. The van der Waals surface area contributed by atoms with Gasteiger partial charge in [-0.25, -0.2) is 0 Å². The van der Waals surface area contributed by atoms with Gasteiger partial charge in [-0.2, -0.15) is 0 Å². The van der Waals surface area contributed by atoms with Crippen LogP contribution in [0.5, 0.6) is 0 Å². The Morgan fingerprint density at radius 1 is 1.19 bits per heavy atom. The number of fused-ring (bicyclic) bond motifs is 1. The number of carbonyl (C=O) groups is 2. The van der Waals surface area contributed by atoms with Gasteiger partial charge in [0, 0.05) is 17.9 Å². The molecule has 4 rings (SSSR count). The molecule has 2 saturated heterocycles. The molecule has 5 heteroatoms. The fraction of sp³-hybridized carbons (Fsp3) is 0.333. The third-order valence-corrected chi connectivity index (χ3v) is 6.91. The van der Waals surface area contributed by atoms with Gasteiger partial charge in [-0.15, -0.1) is 11.8 Å². The summed E-state index contributed by atoms with van der Waals surface area (Å²) in [5, 5.41) is 3.06. The fourth-order valence-corrected chi connectivity index (χ4v) is 5.65. The van der Waals surface area contributed by atoms with E-state index in [4.69, 9.17) is 0 Å². The third kappa shape index (κ3) is 2.71. The molecule has 0 radical (unpaired) electrons. The molecule has 0 aromatic heterocycles. The summed E-state index contributed by atoms with van der Waals surface area (Å²) in [6.07, 6.45) is 2.11. The van der Waals surface area contributed by atoms with Crippen LogP contribution in [-0.4, -0.2) is 28.5 Å². The van der Waals surface area contributed by atoms with Crippen LogP contribution >= 0.6 is 11.8 Å². The number of nitrogens with zero attached hydrogens (tertiary/aromatic N) is 1. The molecule has 2 atom stereocenters. The van der Waals surface area contributed by atoms with E-state index in [1.165, 1.54) is 0 Å². The van der Waals surface area contributed by atoms with E-state index < -0.39 is 10.9 Å². The minimum atomic E-state index is -0.430. The maximum Gasteiger partial charge on any atom is 0.248 e. The van der Waals surface area contributed by atoms with E-state index in [1.807, 2.05) is 47.4 Å². The highest BCUT2D eigenvalue weighted by atomic mass is 32.2. The number of amides is 2. The minimum absolute atomic E-state index is 0.0720. The van der Waals surface area contributed by atoms with Crippen molar-refractivity contribution in [2.24, 2.45) is 0 Å². The summed E-state index contributed by atoms with van der Waals surface area (Å²) in [5.74, 6) is 0.607. The van der Waals surface area contributed by atoms with Crippen molar-refractivity contribution in [3.8, 4) is 0 Å². The Hall–Kier alpha value is -2.27. The van der Waals surface area contributed by atoms with Crippen LogP contribution in [0.15, 0.2) is 54.6 Å². The molecule has 0 saturated carbocycles. The standard InChI is InChI=1S/C21H22N2O2S/c1-2-15-8-6-7-11-17(15)22-20(25)18-14-26-21(13-12-19(24)23(18)21)16-9-4-3-5-10-16/h3-11,18H,2,12-14H2,1H3,(H,22,25)/t18-,21+/m1/s1. The van der Waals surface area contributed by atoms with Gasteiger partial charge in [0.1, 0.15) is 10.9 Å². The van der Waals surface area contributed by atoms with Gasteiger partial charge in [-0.3, -0.25) is 9.59 Å². The molecule has 2 aromatic rings. The number of hydrogen-bond donors (Lipinski definition) is 1. The first-order valence-corrected chi connectivity index (χ1v) is 10.0. The van der Waals surface area contributed by atoms with Crippen LogP contribution in [-0.2, 0) is 20.9 Å². The van der Waals surface area contributed by atoms with Crippen LogP contribution in [0.1, 0.15) is 30.9 Å². The van der Waals surface area contributed by atoms with E-state index >= 15 is 0 Å². The monoisotopic (exact) mass is 366 g/mol. The number of rotatable bonds is 4. The Balaban J connectivity index is 1.62. The minimum Gasteiger partial charge on any atom is -0.324 e. The summed E-state index contributed by atoms with van der Waals surface area (Å²) in [6.45, 7) is 2.07. The van der Waals surface area contributed by atoms with Gasteiger partial charge in [-0.1, -0.05) is 55.5 Å². The predicted octanol–water partition coefficient (Wildman–Crippen LogP) is 3.78. The normalized spacial score (nSPS) is 24.6. The summed E-state index contributed by atoms with van der Waals surface area (Å²) < 4.78 is 0. The molecule has 1 N–H and O–H groups in total. The van der Waals surface area contributed by atoms with E-state index in [9.17, 15) is 9.59 Å². The van der Waals surface area contributed by atoms with E-state index in [0.29, 0.717) is 12.2 Å². The van der Waals surface area contributed by atoms with Gasteiger partial charge in [0.25, 0.3) is 0 Å². The van der Waals surface area contributed by atoms with E-state index in [2.05, 4.69) is 24.4 Å². The van der Waals surface area contributed by atoms with Crippen LogP contribution < -0.4 is 5.32 Å². The molecule has 134 valence electrons. The predicted molar refractivity (Wildman–Crippen MR) is 105 cm³/mol. The first-order chi connectivity index (χ1) is 12.7. The number of para-hydroxylation sites is 1. The zero-order valence-corrected chi connectivity index (χ0v) is 15.6. The summed E-state index contributed by atoms with van der Waals surface area (Å²) in [7, 11) is 0. The lowest BCUT2D eigenvalue weighted by Gasteiger charge is -2.34. The van der Waals surface area contributed by atoms with Crippen molar-refractivity contribution in [3.63, 3.8) is 0 Å². The first-order valence-electron chi connectivity index (χ1n) is 9.06. The zero-order chi connectivity index (χ0) is 18.1. The van der Waals surface area contributed by atoms with Crippen LogP contribution in [0.25, 0.3) is 0 Å². The van der Waals surface area contributed by atoms with E-state index in [1.54, 1.807) is 11.8 Å². The lowest BCUT2D eigenvalue weighted by atomic mass is 10.0. The number of aryl methyl sites for hydroxylation is 1. The van der Waals surface area contributed by atoms with E-state index in [-0.39, 0.29) is 11.8 Å². The van der Waals surface area contributed by atoms with Crippen molar-refractivity contribution in [1.29, 1.82) is 0 Å². The number of thioether (sulfide) groups is 1. The topological polar surface area (TPSA) is 49.4 Å². The van der Waals surface area contributed by atoms with Crippen molar-refractivity contribution in [1.82, 2.24) is 4.90 Å². The maximum absolute atomic E-state index is 13.0. The maximum atomic E-state index is 13.0. The van der Waals surface area contributed by atoms with Crippen molar-refractivity contribution in [2.75, 3.05) is 11.1 Å². The Morgan fingerprint density at radius 3 is 2.69 bits per heavy atom. The molecule has 2 amide bonds. The number of hydrogen-bond acceptors (Lipinski definition) is 3. The molecular weight excluding hydrogens is 344 g/mol. The van der Waals surface area contributed by atoms with Gasteiger partial charge in [0.15, 0.2) is 0 Å². The molecular formula is C21H22N2O2S. The SMILES string of the molecule is CCc1ccccc1NC(=O)[C@H]1CS[C@]2(c3ccccc3)CCC(=O)N12. The quantitative estimate of drug-likeness (QED) is 0.896. The van der Waals surface area contributed by atoms with Crippen molar-refractivity contribution < 1.29 is 9.59 Å².